The molecule has 0 aliphatic heterocycles. The molecule has 0 aromatic heterocycles. The molecule has 0 aromatic rings. The van der Waals surface area contributed by atoms with Crippen molar-refractivity contribution in [2.24, 2.45) is 5.10 Å². The van der Waals surface area contributed by atoms with Gasteiger partial charge in [0.05, 0.1) is 0 Å². The van der Waals surface area contributed by atoms with Gasteiger partial charge in [-0.2, -0.15) is 5.10 Å². The smallest absolute Gasteiger partial charge is 0.0191 e. The molecule has 0 saturated carbocycles. The number of rotatable bonds is 5. The normalized spacial score (nSPS) is 9.83. The molecule has 0 fully saturated rings. The second kappa shape index (κ2) is 12.8. The Morgan fingerprint density at radius 3 is 2.33 bits per heavy atom. The van der Waals surface area contributed by atoms with Gasteiger partial charge >= 0.3 is 0 Å². The third-order valence-corrected chi connectivity index (χ3v) is 1.39. The highest BCUT2D eigenvalue weighted by Crippen LogP contribution is 2.06. The molecule has 0 aliphatic carbocycles. The van der Waals surface area contributed by atoms with Gasteiger partial charge in [-0.25, -0.2) is 0 Å². The van der Waals surface area contributed by atoms with Crippen molar-refractivity contribution in [3.63, 3.8) is 0 Å². The predicted molar refractivity (Wildman–Crippen MR) is 57.3 cm³/mol. The minimum Gasteiger partial charge on any atom is -0.286 e. The van der Waals surface area contributed by atoms with Gasteiger partial charge in [-0.05, 0) is 12.8 Å². The molecule has 1 N–H and O–H groups in total. The van der Waals surface area contributed by atoms with Crippen LogP contribution in [0.4, 0.5) is 0 Å². The summed E-state index contributed by atoms with van der Waals surface area (Å²) < 4.78 is 0. The van der Waals surface area contributed by atoms with Gasteiger partial charge in [0, 0.05) is 12.9 Å². The first-order chi connectivity index (χ1) is 5.85. The Morgan fingerprint density at radius 1 is 1.42 bits per heavy atom. The first kappa shape index (κ1) is 13.8. The van der Waals surface area contributed by atoms with Crippen molar-refractivity contribution in [2.75, 3.05) is 0 Å². The largest absolute Gasteiger partial charge is 0.286 e. The summed E-state index contributed by atoms with van der Waals surface area (Å²) in [6.07, 6.45) is 5.37. The van der Waals surface area contributed by atoms with Crippen LogP contribution in [0, 0.1) is 0 Å². The van der Waals surface area contributed by atoms with Crippen molar-refractivity contribution in [1.29, 1.82) is 0 Å². The van der Waals surface area contributed by atoms with Crippen LogP contribution >= 0.6 is 0 Å². The van der Waals surface area contributed by atoms with Gasteiger partial charge in [0.15, 0.2) is 0 Å². The lowest BCUT2D eigenvalue weighted by atomic mass is 10.1. The molecule has 2 nitrogen and oxygen atoms in total. The molecule has 0 aromatic carbocycles. The first-order valence-electron chi connectivity index (χ1n) is 4.74. The molecular weight excluding hydrogens is 148 g/mol. The summed E-state index contributed by atoms with van der Waals surface area (Å²) in [6.45, 7) is 11.6. The second-order valence-corrected chi connectivity index (χ2v) is 2.19. The lowest BCUT2D eigenvalue weighted by Crippen LogP contribution is -1.94. The zero-order chi connectivity index (χ0) is 9.82. The van der Waals surface area contributed by atoms with E-state index in [0.29, 0.717) is 0 Å². The van der Waals surface area contributed by atoms with Crippen LogP contribution in [0.15, 0.2) is 16.9 Å². The molecule has 0 aliphatic rings. The number of nitrogens with one attached hydrogen (secondary N) is 1. The summed E-state index contributed by atoms with van der Waals surface area (Å²) in [5.41, 5.74) is 4.13. The van der Waals surface area contributed by atoms with Crippen LogP contribution in [0.2, 0.25) is 0 Å². The SMILES string of the molecule is C=NN/C=C(\CC)CCC.CC. The Bertz CT molecular complexity index is 117. The minimum absolute atomic E-state index is 1.09. The van der Waals surface area contributed by atoms with Crippen LogP contribution in [-0.4, -0.2) is 6.72 Å². The van der Waals surface area contributed by atoms with E-state index in [0.717, 1.165) is 12.8 Å². The third kappa shape index (κ3) is 9.21. The number of allylic oxidation sites excluding steroid dienone is 1. The maximum absolute atomic E-state index is 3.53. The highest BCUT2D eigenvalue weighted by atomic mass is 15.3. The number of hydrogen-bond donors (Lipinski definition) is 1. The summed E-state index contributed by atoms with van der Waals surface area (Å²) in [4.78, 5) is 0. The van der Waals surface area contributed by atoms with E-state index in [-0.39, 0.29) is 0 Å². The maximum atomic E-state index is 3.53. The second-order valence-electron chi connectivity index (χ2n) is 2.19. The van der Waals surface area contributed by atoms with Crippen LogP contribution < -0.4 is 5.43 Å². The van der Waals surface area contributed by atoms with Crippen LogP contribution in [-0.2, 0) is 0 Å². The van der Waals surface area contributed by atoms with E-state index in [1.165, 1.54) is 12.0 Å². The number of hydrazone groups is 1. The van der Waals surface area contributed by atoms with E-state index in [9.17, 15) is 0 Å². The molecule has 0 heterocycles. The Kier molecular flexibility index (Phi) is 14.8. The van der Waals surface area contributed by atoms with Gasteiger partial charge < -0.3 is 0 Å². The van der Waals surface area contributed by atoms with E-state index in [1.807, 2.05) is 20.0 Å². The van der Waals surface area contributed by atoms with Crippen molar-refractivity contribution >= 4 is 6.72 Å². The van der Waals surface area contributed by atoms with E-state index < -0.39 is 0 Å². The molecule has 0 atom stereocenters. The topological polar surface area (TPSA) is 24.4 Å². The third-order valence-electron chi connectivity index (χ3n) is 1.39. The van der Waals surface area contributed by atoms with Gasteiger partial charge in [0.25, 0.3) is 0 Å². The van der Waals surface area contributed by atoms with E-state index >= 15 is 0 Å². The van der Waals surface area contributed by atoms with E-state index in [4.69, 9.17) is 0 Å². The zero-order valence-electron chi connectivity index (χ0n) is 8.85. The van der Waals surface area contributed by atoms with Gasteiger partial charge in [-0.15, -0.1) is 0 Å². The summed E-state index contributed by atoms with van der Waals surface area (Å²) in [6, 6.07) is 0. The van der Waals surface area contributed by atoms with Gasteiger partial charge in [0.2, 0.25) is 0 Å². The molecule has 0 amide bonds. The van der Waals surface area contributed by atoms with Gasteiger partial charge in [-0.3, -0.25) is 5.43 Å². The average Bonchev–Trinajstić information content (AvgIpc) is 2.15. The van der Waals surface area contributed by atoms with E-state index in [2.05, 4.69) is 31.1 Å². The minimum atomic E-state index is 1.09. The summed E-state index contributed by atoms with van der Waals surface area (Å²) >= 11 is 0. The fourth-order valence-electron chi connectivity index (χ4n) is 0.809. The Balaban J connectivity index is 0. The van der Waals surface area contributed by atoms with Crippen molar-refractivity contribution in [2.45, 2.75) is 47.0 Å². The average molecular weight is 170 g/mol. The van der Waals surface area contributed by atoms with Crippen LogP contribution in [0.3, 0.4) is 0 Å². The molecule has 0 spiro atoms. The van der Waals surface area contributed by atoms with Crippen LogP contribution in [0.1, 0.15) is 47.0 Å². The standard InChI is InChI=1S/C8H16N2.C2H6/c1-4-6-8(5-2)7-10-9-3;1-2/h7,10H,3-6H2,1-2H3;1-2H3/b8-7+;. The molecule has 2 heteroatoms. The monoisotopic (exact) mass is 170 g/mol. The first-order valence-corrected chi connectivity index (χ1v) is 4.74. The fourth-order valence-corrected chi connectivity index (χ4v) is 0.809. The predicted octanol–water partition coefficient (Wildman–Crippen LogP) is 3.31. The summed E-state index contributed by atoms with van der Waals surface area (Å²) in [7, 11) is 0. The van der Waals surface area contributed by atoms with Crippen molar-refractivity contribution in [3.8, 4) is 0 Å². The quantitative estimate of drug-likeness (QED) is 0.497. The highest BCUT2D eigenvalue weighted by Gasteiger charge is 1.89. The molecule has 0 saturated heterocycles. The molecule has 0 rings (SSSR count). The summed E-state index contributed by atoms with van der Waals surface area (Å²) in [5.74, 6) is 0. The molecule has 12 heavy (non-hydrogen) atoms. The maximum Gasteiger partial charge on any atom is 0.0191 e. The van der Waals surface area contributed by atoms with Crippen molar-refractivity contribution in [3.05, 3.63) is 11.8 Å². The lowest BCUT2D eigenvalue weighted by molar-refractivity contribution is 0.829. The molecule has 72 valence electrons. The molecular formula is C10H22N2. The Labute approximate surface area is 76.8 Å². The van der Waals surface area contributed by atoms with Crippen LogP contribution in [0.5, 0.6) is 0 Å². The number of hydrogen-bond acceptors (Lipinski definition) is 2. The fraction of sp³-hybridized carbons (Fsp3) is 0.700. The summed E-state index contributed by atoms with van der Waals surface area (Å²) in [5, 5.41) is 3.53. The Hall–Kier alpha value is -0.790. The van der Waals surface area contributed by atoms with Crippen molar-refractivity contribution < 1.29 is 0 Å². The van der Waals surface area contributed by atoms with Crippen LogP contribution in [0.25, 0.3) is 0 Å². The number of nitrogens with zero attached hydrogens (tertiary/aromatic N) is 1. The molecule has 0 radical (unpaired) electrons. The molecule has 0 unspecified atom stereocenters. The van der Waals surface area contributed by atoms with Gasteiger partial charge in [-0.1, -0.05) is 39.7 Å². The van der Waals surface area contributed by atoms with Gasteiger partial charge in [0.1, 0.15) is 0 Å². The lowest BCUT2D eigenvalue weighted by Gasteiger charge is -2.00. The van der Waals surface area contributed by atoms with Crippen molar-refractivity contribution in [1.82, 2.24) is 5.43 Å². The zero-order valence-corrected chi connectivity index (χ0v) is 8.85. The highest BCUT2D eigenvalue weighted by molar-refractivity contribution is 5.22. The molecule has 0 bridgehead atoms. The Morgan fingerprint density at radius 2 is 2.00 bits per heavy atom. The van der Waals surface area contributed by atoms with E-state index in [1.54, 1.807) is 0 Å².